The van der Waals surface area contributed by atoms with E-state index < -0.39 is 11.2 Å². The fraction of sp³-hybridized carbons (Fsp3) is 0.756. The van der Waals surface area contributed by atoms with E-state index in [2.05, 4.69) is 50.1 Å². The Morgan fingerprint density at radius 3 is 2.57 bits per heavy atom. The quantitative estimate of drug-likeness (QED) is 0.204. The first-order valence-corrected chi connectivity index (χ1v) is 22.5. The van der Waals surface area contributed by atoms with Gasteiger partial charge in [-0.3, -0.25) is 9.69 Å². The molecule has 8 rings (SSSR count). The molecule has 0 bridgehead atoms. The maximum atomic E-state index is 12.9. The zero-order valence-corrected chi connectivity index (χ0v) is 33.0. The normalized spacial score (nSPS) is 43.7. The van der Waals surface area contributed by atoms with Crippen LogP contribution in [0, 0.1) is 52.3 Å². The van der Waals surface area contributed by atoms with Crippen molar-refractivity contribution in [1.82, 2.24) is 10.2 Å². The Bertz CT molecular complexity index is 1480. The van der Waals surface area contributed by atoms with Gasteiger partial charge < -0.3 is 14.6 Å². The molecule has 6 aliphatic carbocycles. The Morgan fingerprint density at radius 2 is 1.80 bits per heavy atom. The van der Waals surface area contributed by atoms with Gasteiger partial charge in [0, 0.05) is 18.6 Å². The second-order valence-corrected chi connectivity index (χ2v) is 20.4. The lowest BCUT2D eigenvalue weighted by molar-refractivity contribution is -0.166. The van der Waals surface area contributed by atoms with Gasteiger partial charge >= 0.3 is 5.97 Å². The van der Waals surface area contributed by atoms with Crippen molar-refractivity contribution in [2.24, 2.45) is 52.3 Å². The van der Waals surface area contributed by atoms with Gasteiger partial charge in [-0.1, -0.05) is 76.6 Å². The molecule has 4 saturated carbocycles. The number of hydrogen-bond donors (Lipinski definition) is 1. The van der Waals surface area contributed by atoms with Gasteiger partial charge in [0.25, 0.3) is 0 Å². The number of nitrogens with zero attached hydrogens (tertiary/aromatic N) is 1. The first kappa shape index (κ1) is 36.4. The fourth-order valence-corrected chi connectivity index (χ4v) is 15.5. The Morgan fingerprint density at radius 1 is 0.980 bits per heavy atom. The van der Waals surface area contributed by atoms with E-state index >= 15 is 0 Å². The Labute approximate surface area is 312 Å². The maximum Gasteiger partial charge on any atom is 0.309 e. The highest BCUT2D eigenvalue weighted by atomic mass is 32.2. The summed E-state index contributed by atoms with van der Waals surface area (Å²) in [5, 5.41) is 4.60. The third kappa shape index (κ3) is 6.52. The standard InChI is InChI=1S/C45H66N2O3S/c1-5-35-28-47(30-51(35)49)27-26-46-45-22-9-12-40(45)37-17-18-41-43(3)23-19-36(31(2)38(43)20-24-44(41,4)39(37)21-25-45)33-13-15-34(16-14-33)42(48)50-29-32-10-7-6-8-11-32/h6-8,10-11,13,19,31,34-35,37-41,46H,5,9,12,14-18,20-30H2,1-4H3/t31?,34?,35?,37?,38?,39?,40-,41?,43?,44?,45?,51?/m1/s1. The number of ether oxygens (including phenoxy) is 1. The molecule has 1 aromatic rings. The number of carbonyl (C=O) groups is 1. The van der Waals surface area contributed by atoms with Crippen molar-refractivity contribution in [1.29, 1.82) is 0 Å². The Balaban J connectivity index is 0.906. The molecule has 0 spiro atoms. The van der Waals surface area contributed by atoms with Crippen molar-refractivity contribution >= 4 is 17.1 Å². The Kier molecular flexibility index (Phi) is 10.4. The summed E-state index contributed by atoms with van der Waals surface area (Å²) in [7, 11) is 0. The third-order valence-corrected chi connectivity index (χ3v) is 18.4. The van der Waals surface area contributed by atoms with Crippen LogP contribution in [0.3, 0.4) is 0 Å². The van der Waals surface area contributed by atoms with Gasteiger partial charge in [-0.2, -0.15) is 0 Å². The summed E-state index contributed by atoms with van der Waals surface area (Å²) in [5.41, 5.74) is 5.37. The monoisotopic (exact) mass is 714 g/mol. The topological polar surface area (TPSA) is 64.6 Å². The lowest BCUT2D eigenvalue weighted by Gasteiger charge is -2.67. The second-order valence-electron chi connectivity index (χ2n) is 18.7. The summed E-state index contributed by atoms with van der Waals surface area (Å²) >= 11 is -0.665. The summed E-state index contributed by atoms with van der Waals surface area (Å²) in [6.07, 6.45) is 22.6. The van der Waals surface area contributed by atoms with E-state index in [0.29, 0.717) is 34.1 Å². The van der Waals surface area contributed by atoms with Gasteiger partial charge in [0.05, 0.1) is 12.5 Å². The van der Waals surface area contributed by atoms with Crippen molar-refractivity contribution < 1.29 is 14.1 Å². The second kappa shape index (κ2) is 14.6. The molecule has 1 aromatic carbocycles. The van der Waals surface area contributed by atoms with Crippen LogP contribution in [0.15, 0.2) is 53.6 Å². The number of carbonyl (C=O) groups excluding carboxylic acids is 1. The van der Waals surface area contributed by atoms with Crippen LogP contribution in [0.2, 0.25) is 0 Å². The number of esters is 1. The van der Waals surface area contributed by atoms with E-state index in [0.717, 1.165) is 86.3 Å². The van der Waals surface area contributed by atoms with E-state index in [1.54, 1.807) is 5.57 Å². The lowest BCUT2D eigenvalue weighted by Crippen LogP contribution is -2.63. The van der Waals surface area contributed by atoms with Crippen molar-refractivity contribution in [2.75, 3.05) is 25.5 Å². The molecule has 0 aromatic heterocycles. The summed E-state index contributed by atoms with van der Waals surface area (Å²) in [4.78, 5) is 15.4. The third-order valence-electron chi connectivity index (χ3n) is 16.6. The van der Waals surface area contributed by atoms with Crippen molar-refractivity contribution in [3.05, 3.63) is 59.2 Å². The van der Waals surface area contributed by atoms with Crippen LogP contribution in [0.25, 0.3) is 0 Å². The average molecular weight is 715 g/mol. The van der Waals surface area contributed by atoms with Crippen LogP contribution in [0.1, 0.15) is 123 Å². The van der Waals surface area contributed by atoms with E-state index in [9.17, 15) is 9.35 Å². The minimum Gasteiger partial charge on any atom is -0.615 e. The average Bonchev–Trinajstić information content (AvgIpc) is 3.74. The molecule has 0 radical (unpaired) electrons. The predicted octanol–water partition coefficient (Wildman–Crippen LogP) is 9.21. The molecule has 5 nitrogen and oxygen atoms in total. The van der Waals surface area contributed by atoms with Crippen molar-refractivity contribution in [3.63, 3.8) is 0 Å². The van der Waals surface area contributed by atoms with Crippen LogP contribution >= 0.6 is 0 Å². The van der Waals surface area contributed by atoms with Gasteiger partial charge in [-0.05, 0) is 158 Å². The van der Waals surface area contributed by atoms with Gasteiger partial charge in [-0.25, -0.2) is 0 Å². The highest BCUT2D eigenvalue weighted by molar-refractivity contribution is 7.92. The molecule has 1 saturated heterocycles. The highest BCUT2D eigenvalue weighted by Gasteiger charge is 2.64. The molecular formula is C45H66N2O3S. The molecule has 280 valence electrons. The molecule has 6 heteroatoms. The molecule has 11 unspecified atom stereocenters. The van der Waals surface area contributed by atoms with Crippen LogP contribution in [0.5, 0.6) is 0 Å². The van der Waals surface area contributed by atoms with E-state index in [1.165, 1.54) is 69.8 Å². The zero-order chi connectivity index (χ0) is 35.4. The maximum absolute atomic E-state index is 12.9. The van der Waals surface area contributed by atoms with Crippen LogP contribution in [-0.2, 0) is 27.3 Å². The minimum absolute atomic E-state index is 0.0115. The van der Waals surface area contributed by atoms with Gasteiger partial charge in [-0.15, -0.1) is 0 Å². The SMILES string of the molecule is CCC1CN(CCNC23CCC[C@@H]2C2CCC4C5(C)CC=C(C6=CCC(C(=O)OCc7ccccc7)CC6)C(C)C5CCC4(C)C2CC3)C[S+]1[O-]. The van der Waals surface area contributed by atoms with E-state index in [4.69, 9.17) is 4.74 Å². The highest BCUT2D eigenvalue weighted by Crippen LogP contribution is 2.70. The zero-order valence-electron chi connectivity index (χ0n) is 32.2. The number of rotatable bonds is 9. The summed E-state index contributed by atoms with van der Waals surface area (Å²) in [5.74, 6) is 5.49. The molecule has 7 aliphatic rings. The largest absolute Gasteiger partial charge is 0.615 e. The van der Waals surface area contributed by atoms with Crippen molar-refractivity contribution in [2.45, 2.75) is 135 Å². The van der Waals surface area contributed by atoms with Crippen LogP contribution < -0.4 is 5.32 Å². The smallest absolute Gasteiger partial charge is 0.309 e. The fourth-order valence-electron chi connectivity index (χ4n) is 14.0. The van der Waals surface area contributed by atoms with Gasteiger partial charge in [0.2, 0.25) is 0 Å². The van der Waals surface area contributed by atoms with E-state index in [1.807, 2.05) is 30.3 Å². The molecule has 12 atom stereocenters. The summed E-state index contributed by atoms with van der Waals surface area (Å²) in [6, 6.07) is 10.0. The van der Waals surface area contributed by atoms with E-state index in [-0.39, 0.29) is 11.9 Å². The van der Waals surface area contributed by atoms with Gasteiger partial charge in [0.15, 0.2) is 5.88 Å². The molecule has 51 heavy (non-hydrogen) atoms. The predicted molar refractivity (Wildman–Crippen MR) is 208 cm³/mol. The van der Waals surface area contributed by atoms with Crippen molar-refractivity contribution in [3.8, 4) is 0 Å². The molecule has 1 heterocycles. The number of fused-ring (bicyclic) bond motifs is 7. The lowest BCUT2D eigenvalue weighted by atomic mass is 9.38. The molecule has 5 fully saturated rings. The molecule has 0 amide bonds. The summed E-state index contributed by atoms with van der Waals surface area (Å²) < 4.78 is 18.2. The van der Waals surface area contributed by atoms with Crippen LogP contribution in [-0.4, -0.2) is 51.7 Å². The Hall–Kier alpha value is -1.60. The molecule has 1 aliphatic heterocycles. The summed E-state index contributed by atoms with van der Waals surface area (Å²) in [6.45, 7) is 13.7. The minimum atomic E-state index is -0.665. The molecular weight excluding hydrogens is 649 g/mol. The number of hydrogen-bond acceptors (Lipinski definition) is 5. The first-order chi connectivity index (χ1) is 24.6. The molecule has 1 N–H and O–H groups in total. The first-order valence-electron chi connectivity index (χ1n) is 21.1. The number of allylic oxidation sites excluding steroid dienone is 4. The number of nitrogens with one attached hydrogen (secondary N) is 1. The number of benzene rings is 1. The van der Waals surface area contributed by atoms with Gasteiger partial charge in [0.1, 0.15) is 11.9 Å². The van der Waals surface area contributed by atoms with Crippen LogP contribution in [0.4, 0.5) is 0 Å².